The molecule has 33 heavy (non-hydrogen) atoms. The number of pyridine rings is 1. The van der Waals surface area contributed by atoms with Crippen LogP contribution in [0.3, 0.4) is 0 Å². The van der Waals surface area contributed by atoms with Crippen LogP contribution in [0, 0.1) is 0 Å². The van der Waals surface area contributed by atoms with Gasteiger partial charge >= 0.3 is 0 Å². The third kappa shape index (κ3) is 4.58. The fourth-order valence-electron chi connectivity index (χ4n) is 5.17. The summed E-state index contributed by atoms with van der Waals surface area (Å²) < 4.78 is 11.9. The van der Waals surface area contributed by atoms with Crippen molar-refractivity contribution in [2.45, 2.75) is 32.2 Å². The van der Waals surface area contributed by atoms with Gasteiger partial charge in [0.05, 0.1) is 24.9 Å². The molecule has 0 radical (unpaired) electrons. The molecule has 0 amide bonds. The summed E-state index contributed by atoms with van der Waals surface area (Å²) in [6.07, 6.45) is 4.65. The lowest BCUT2D eigenvalue weighted by molar-refractivity contribution is 0.254. The Hall–Kier alpha value is -2.99. The number of likely N-dealkylation sites (tertiary alicyclic amines) is 1. The van der Waals surface area contributed by atoms with Crippen molar-refractivity contribution in [1.82, 2.24) is 9.88 Å². The zero-order valence-electron chi connectivity index (χ0n) is 19.8. The highest BCUT2D eigenvalue weighted by Gasteiger charge is 2.27. The summed E-state index contributed by atoms with van der Waals surface area (Å²) in [7, 11) is 3.67. The normalized spacial score (nSPS) is 15.8. The van der Waals surface area contributed by atoms with Crippen molar-refractivity contribution in [1.29, 1.82) is 0 Å². The summed E-state index contributed by atoms with van der Waals surface area (Å²) >= 11 is 0. The Kier molecular flexibility index (Phi) is 6.53. The largest absolute Gasteiger partial charge is 0.493 e. The first-order chi connectivity index (χ1) is 16.3. The van der Waals surface area contributed by atoms with Gasteiger partial charge in [-0.15, -0.1) is 0 Å². The molecule has 3 aromatic rings. The molecule has 6 heteroatoms. The Morgan fingerprint density at radius 1 is 1.03 bits per heavy atom. The average molecular weight is 447 g/mol. The molecular weight excluding hydrogens is 412 g/mol. The molecular formula is C27H34N4O2. The van der Waals surface area contributed by atoms with E-state index in [1.807, 2.05) is 13.1 Å². The van der Waals surface area contributed by atoms with Crippen LogP contribution in [0.15, 0.2) is 42.5 Å². The van der Waals surface area contributed by atoms with Crippen LogP contribution in [-0.4, -0.2) is 56.8 Å². The van der Waals surface area contributed by atoms with Gasteiger partial charge in [-0.05, 0) is 50.4 Å². The zero-order valence-corrected chi connectivity index (χ0v) is 19.8. The van der Waals surface area contributed by atoms with Gasteiger partial charge in [-0.2, -0.15) is 0 Å². The second-order valence-electron chi connectivity index (χ2n) is 8.97. The molecule has 0 bridgehead atoms. The van der Waals surface area contributed by atoms with Gasteiger partial charge in [-0.1, -0.05) is 30.3 Å². The molecule has 1 fully saturated rings. The van der Waals surface area contributed by atoms with Crippen molar-refractivity contribution in [2.24, 2.45) is 0 Å². The van der Waals surface area contributed by atoms with Crippen molar-refractivity contribution in [3.05, 3.63) is 53.6 Å². The number of anilines is 2. The van der Waals surface area contributed by atoms with Crippen molar-refractivity contribution in [3.63, 3.8) is 0 Å². The van der Waals surface area contributed by atoms with Gasteiger partial charge in [0.25, 0.3) is 0 Å². The summed E-state index contributed by atoms with van der Waals surface area (Å²) in [5.41, 5.74) is 4.79. The smallest absolute Gasteiger partial charge is 0.163 e. The second-order valence-corrected chi connectivity index (χ2v) is 8.97. The molecule has 5 rings (SSSR count). The molecule has 6 nitrogen and oxygen atoms in total. The van der Waals surface area contributed by atoms with E-state index in [0.29, 0.717) is 6.61 Å². The van der Waals surface area contributed by atoms with Crippen molar-refractivity contribution in [3.8, 4) is 11.5 Å². The first-order valence-electron chi connectivity index (χ1n) is 12.1. The summed E-state index contributed by atoms with van der Waals surface area (Å²) in [6, 6.07) is 14.8. The number of aromatic nitrogens is 1. The quantitative estimate of drug-likeness (QED) is 0.481. The Morgan fingerprint density at radius 3 is 2.61 bits per heavy atom. The Morgan fingerprint density at radius 2 is 1.85 bits per heavy atom. The summed E-state index contributed by atoms with van der Waals surface area (Å²) in [4.78, 5) is 9.94. The number of hydrogen-bond acceptors (Lipinski definition) is 6. The van der Waals surface area contributed by atoms with Crippen molar-refractivity contribution >= 4 is 22.4 Å². The first-order valence-corrected chi connectivity index (χ1v) is 12.1. The SMILES string of the molecule is CNc1nc2cc(OCCCN3CCCC3)c(OC)cc2c2c1CCN2Cc1ccccc1. The van der Waals surface area contributed by atoms with Crippen LogP contribution in [0.1, 0.15) is 30.4 Å². The maximum absolute atomic E-state index is 6.19. The fourth-order valence-corrected chi connectivity index (χ4v) is 5.17. The van der Waals surface area contributed by atoms with E-state index in [1.165, 1.54) is 42.7 Å². The highest BCUT2D eigenvalue weighted by atomic mass is 16.5. The number of ether oxygens (including phenoxy) is 2. The molecule has 0 aliphatic carbocycles. The monoisotopic (exact) mass is 446 g/mol. The van der Waals surface area contributed by atoms with Crippen molar-refractivity contribution < 1.29 is 9.47 Å². The Balaban J connectivity index is 1.43. The van der Waals surface area contributed by atoms with E-state index in [2.05, 4.69) is 51.5 Å². The zero-order chi connectivity index (χ0) is 22.6. The molecule has 0 unspecified atom stereocenters. The van der Waals surface area contributed by atoms with Crippen LogP contribution in [0.2, 0.25) is 0 Å². The average Bonchev–Trinajstić information content (AvgIpc) is 3.52. The van der Waals surface area contributed by atoms with E-state index in [4.69, 9.17) is 14.5 Å². The maximum atomic E-state index is 6.19. The number of methoxy groups -OCH3 is 1. The van der Waals surface area contributed by atoms with Crippen LogP contribution < -0.4 is 19.7 Å². The molecule has 2 aromatic carbocycles. The summed E-state index contributed by atoms with van der Waals surface area (Å²) in [5.74, 6) is 2.50. The number of benzene rings is 2. The van der Waals surface area contributed by atoms with Gasteiger partial charge in [0.2, 0.25) is 0 Å². The predicted octanol–water partition coefficient (Wildman–Crippen LogP) is 4.71. The van der Waals surface area contributed by atoms with Gasteiger partial charge < -0.3 is 24.6 Å². The van der Waals surface area contributed by atoms with E-state index in [0.717, 1.165) is 60.7 Å². The third-order valence-corrected chi connectivity index (χ3v) is 6.82. The summed E-state index contributed by atoms with van der Waals surface area (Å²) in [5, 5.41) is 4.44. The minimum atomic E-state index is 0.683. The molecule has 174 valence electrons. The molecule has 3 heterocycles. The molecule has 2 aliphatic rings. The molecule has 1 N–H and O–H groups in total. The maximum Gasteiger partial charge on any atom is 0.163 e. The highest BCUT2D eigenvalue weighted by molar-refractivity contribution is 5.99. The molecule has 2 aliphatic heterocycles. The van der Waals surface area contributed by atoms with Crippen LogP contribution in [0.25, 0.3) is 10.9 Å². The van der Waals surface area contributed by atoms with E-state index in [9.17, 15) is 0 Å². The molecule has 0 saturated carbocycles. The number of rotatable bonds is 9. The number of nitrogens with zero attached hydrogens (tertiary/aromatic N) is 3. The van der Waals surface area contributed by atoms with Gasteiger partial charge in [0.15, 0.2) is 11.5 Å². The van der Waals surface area contributed by atoms with E-state index in [-0.39, 0.29) is 0 Å². The predicted molar refractivity (Wildman–Crippen MR) is 135 cm³/mol. The topological polar surface area (TPSA) is 49.9 Å². The van der Waals surface area contributed by atoms with Crippen LogP contribution in [0.4, 0.5) is 11.5 Å². The molecule has 0 atom stereocenters. The molecule has 1 saturated heterocycles. The first kappa shape index (κ1) is 21.8. The number of fused-ring (bicyclic) bond motifs is 3. The summed E-state index contributed by atoms with van der Waals surface area (Å²) in [6.45, 7) is 6.09. The number of nitrogens with one attached hydrogen (secondary N) is 1. The van der Waals surface area contributed by atoms with Gasteiger partial charge in [-0.3, -0.25) is 0 Å². The molecule has 1 aromatic heterocycles. The standard InChI is InChI=1S/C27H34N4O2/c1-28-27-21-11-15-31(19-20-9-4-3-5-10-20)26(21)22-17-24(32-2)25(18-23(22)29-27)33-16-8-14-30-12-6-7-13-30/h3-5,9-10,17-18H,6-8,11-16,19H2,1-2H3,(H,28,29). The van der Waals surface area contributed by atoms with Gasteiger partial charge in [0.1, 0.15) is 5.82 Å². The number of hydrogen-bond donors (Lipinski definition) is 1. The highest BCUT2D eigenvalue weighted by Crippen LogP contribution is 2.43. The van der Waals surface area contributed by atoms with E-state index >= 15 is 0 Å². The lowest BCUT2D eigenvalue weighted by atomic mass is 10.1. The fraction of sp³-hybridized carbons (Fsp3) is 0.444. The minimum absolute atomic E-state index is 0.683. The van der Waals surface area contributed by atoms with Gasteiger partial charge in [0, 0.05) is 43.7 Å². The Bertz CT molecular complexity index is 1100. The minimum Gasteiger partial charge on any atom is -0.493 e. The Labute approximate surface area is 196 Å². The lowest BCUT2D eigenvalue weighted by Gasteiger charge is -2.23. The molecule has 0 spiro atoms. The van der Waals surface area contributed by atoms with Crippen molar-refractivity contribution in [2.75, 3.05) is 57.2 Å². The third-order valence-electron chi connectivity index (χ3n) is 6.82. The van der Waals surface area contributed by atoms with E-state index < -0.39 is 0 Å². The van der Waals surface area contributed by atoms with Crippen LogP contribution >= 0.6 is 0 Å². The van der Waals surface area contributed by atoms with Crippen LogP contribution in [-0.2, 0) is 13.0 Å². The van der Waals surface area contributed by atoms with Gasteiger partial charge in [-0.25, -0.2) is 4.98 Å². The van der Waals surface area contributed by atoms with E-state index in [1.54, 1.807) is 7.11 Å². The van der Waals surface area contributed by atoms with Crippen LogP contribution in [0.5, 0.6) is 11.5 Å². The second kappa shape index (κ2) is 9.87. The lowest BCUT2D eigenvalue weighted by Crippen LogP contribution is -2.22.